The lowest BCUT2D eigenvalue weighted by molar-refractivity contribution is 0.396. The van der Waals surface area contributed by atoms with Gasteiger partial charge in [-0.3, -0.25) is 0 Å². The van der Waals surface area contributed by atoms with Gasteiger partial charge in [0, 0.05) is 24.0 Å². The minimum atomic E-state index is 0. The third kappa shape index (κ3) is 7.17. The zero-order chi connectivity index (χ0) is 15.6. The molecule has 0 aliphatic heterocycles. The van der Waals surface area contributed by atoms with Gasteiger partial charge >= 0.3 is 0 Å². The van der Waals surface area contributed by atoms with E-state index in [1.807, 2.05) is 18.2 Å². The van der Waals surface area contributed by atoms with Gasteiger partial charge in [-0.05, 0) is 30.9 Å². The van der Waals surface area contributed by atoms with E-state index in [9.17, 15) is 0 Å². The number of nitrogens with one attached hydrogen (secondary N) is 2. The van der Waals surface area contributed by atoms with Crippen LogP contribution in [0.3, 0.4) is 0 Å². The fraction of sp³-hybridized carbons (Fsp3) is 0.375. The number of methoxy groups -OCH3 is 1. The number of aliphatic imine (C=N–C) groups is 1. The van der Waals surface area contributed by atoms with Crippen LogP contribution in [0.4, 0.5) is 0 Å². The van der Waals surface area contributed by atoms with Crippen molar-refractivity contribution in [1.82, 2.24) is 15.6 Å². The normalized spacial score (nSPS) is 10.8. The van der Waals surface area contributed by atoms with E-state index in [1.165, 1.54) is 4.88 Å². The van der Waals surface area contributed by atoms with E-state index in [0.717, 1.165) is 31.2 Å². The van der Waals surface area contributed by atoms with Crippen molar-refractivity contribution < 1.29 is 4.74 Å². The number of hydrogen-bond donors (Lipinski definition) is 2. The van der Waals surface area contributed by atoms with E-state index in [2.05, 4.69) is 45.0 Å². The fourth-order valence-electron chi connectivity index (χ4n) is 1.92. The largest absolute Gasteiger partial charge is 0.481 e. The second-order valence-corrected chi connectivity index (χ2v) is 5.65. The Morgan fingerprint density at radius 3 is 2.83 bits per heavy atom. The molecule has 0 aliphatic rings. The van der Waals surface area contributed by atoms with Crippen LogP contribution in [0.15, 0.2) is 40.7 Å². The van der Waals surface area contributed by atoms with Crippen molar-refractivity contribution >= 4 is 41.3 Å². The molecular weight excluding hydrogens is 423 g/mol. The molecule has 0 aromatic carbocycles. The minimum absolute atomic E-state index is 0. The topological polar surface area (TPSA) is 58.5 Å². The summed E-state index contributed by atoms with van der Waals surface area (Å²) in [6, 6.07) is 9.93. The first-order chi connectivity index (χ1) is 10.8. The summed E-state index contributed by atoms with van der Waals surface area (Å²) in [5, 5.41) is 8.69. The molecule has 2 heterocycles. The Labute approximate surface area is 158 Å². The maximum absolute atomic E-state index is 5.13. The molecule has 5 nitrogen and oxygen atoms in total. The number of ether oxygens (including phenoxy) is 1. The Kier molecular flexibility index (Phi) is 9.61. The third-order valence-corrected chi connectivity index (χ3v) is 3.91. The lowest BCUT2D eigenvalue weighted by atomic mass is 10.3. The van der Waals surface area contributed by atoms with Crippen molar-refractivity contribution in [1.29, 1.82) is 0 Å². The highest BCUT2D eigenvalue weighted by atomic mass is 127. The summed E-state index contributed by atoms with van der Waals surface area (Å²) in [6.45, 7) is 4.26. The van der Waals surface area contributed by atoms with Crippen LogP contribution in [0.5, 0.6) is 5.88 Å². The molecule has 0 saturated heterocycles. The van der Waals surface area contributed by atoms with Gasteiger partial charge in [0.15, 0.2) is 5.96 Å². The molecular formula is C16H23IN4OS. The van der Waals surface area contributed by atoms with Gasteiger partial charge in [0.25, 0.3) is 0 Å². The van der Waals surface area contributed by atoms with Crippen LogP contribution in [-0.2, 0) is 13.0 Å². The molecule has 7 heteroatoms. The van der Waals surface area contributed by atoms with Gasteiger partial charge in [0.2, 0.25) is 5.88 Å². The van der Waals surface area contributed by atoms with Gasteiger partial charge in [-0.2, -0.15) is 0 Å². The van der Waals surface area contributed by atoms with Crippen LogP contribution in [0.2, 0.25) is 0 Å². The van der Waals surface area contributed by atoms with E-state index < -0.39 is 0 Å². The molecule has 0 spiro atoms. The van der Waals surface area contributed by atoms with Crippen molar-refractivity contribution in [3.8, 4) is 5.88 Å². The standard InChI is InChI=1S/C16H22N4OS.HI/c1-3-17-16(18-10-9-14-7-5-11-22-14)19-12-13-6-4-8-15(20-13)21-2;/h4-8,11H,3,9-10,12H2,1-2H3,(H2,17,18,19);1H. The molecule has 0 fully saturated rings. The molecule has 0 amide bonds. The summed E-state index contributed by atoms with van der Waals surface area (Å²) in [7, 11) is 1.62. The van der Waals surface area contributed by atoms with Gasteiger partial charge in [0.1, 0.15) is 0 Å². The Bertz CT molecular complexity index is 590. The third-order valence-electron chi connectivity index (χ3n) is 2.98. The van der Waals surface area contributed by atoms with Gasteiger partial charge in [-0.25, -0.2) is 9.98 Å². The fourth-order valence-corrected chi connectivity index (χ4v) is 2.63. The molecule has 0 atom stereocenters. The summed E-state index contributed by atoms with van der Waals surface area (Å²) >= 11 is 1.78. The van der Waals surface area contributed by atoms with Gasteiger partial charge in [0.05, 0.1) is 19.3 Å². The molecule has 0 saturated carbocycles. The number of pyridine rings is 1. The lowest BCUT2D eigenvalue weighted by Crippen LogP contribution is -2.38. The maximum Gasteiger partial charge on any atom is 0.213 e. The van der Waals surface area contributed by atoms with Crippen molar-refractivity contribution in [3.05, 3.63) is 46.3 Å². The molecule has 0 unspecified atom stereocenters. The van der Waals surface area contributed by atoms with Gasteiger partial charge in [-0.15, -0.1) is 35.3 Å². The average Bonchev–Trinajstić information content (AvgIpc) is 3.06. The van der Waals surface area contributed by atoms with Crippen molar-refractivity contribution in [2.45, 2.75) is 19.9 Å². The summed E-state index contributed by atoms with van der Waals surface area (Å²) in [6.07, 6.45) is 0.999. The highest BCUT2D eigenvalue weighted by Gasteiger charge is 2.00. The Morgan fingerprint density at radius 1 is 1.26 bits per heavy atom. The number of rotatable bonds is 7. The Hall–Kier alpha value is -1.35. The zero-order valence-corrected chi connectivity index (χ0v) is 16.6. The van der Waals surface area contributed by atoms with Gasteiger partial charge in [-0.1, -0.05) is 12.1 Å². The molecule has 2 aromatic rings. The van der Waals surface area contributed by atoms with Crippen molar-refractivity contribution in [3.63, 3.8) is 0 Å². The van der Waals surface area contributed by atoms with Crippen LogP contribution in [0.1, 0.15) is 17.5 Å². The minimum Gasteiger partial charge on any atom is -0.481 e. The monoisotopic (exact) mass is 446 g/mol. The lowest BCUT2D eigenvalue weighted by Gasteiger charge is -2.10. The predicted octanol–water partition coefficient (Wildman–Crippen LogP) is 3.07. The molecule has 23 heavy (non-hydrogen) atoms. The number of thiophene rings is 1. The van der Waals surface area contributed by atoms with Crippen LogP contribution in [0, 0.1) is 0 Å². The van der Waals surface area contributed by atoms with E-state index >= 15 is 0 Å². The average molecular weight is 446 g/mol. The van der Waals surface area contributed by atoms with Crippen molar-refractivity contribution in [2.24, 2.45) is 4.99 Å². The maximum atomic E-state index is 5.13. The molecule has 0 aliphatic carbocycles. The van der Waals surface area contributed by atoms with Crippen LogP contribution in [-0.4, -0.2) is 31.1 Å². The van der Waals surface area contributed by atoms with E-state index in [-0.39, 0.29) is 24.0 Å². The highest BCUT2D eigenvalue weighted by Crippen LogP contribution is 2.08. The number of hydrogen-bond acceptors (Lipinski definition) is 4. The number of guanidine groups is 1. The Morgan fingerprint density at radius 2 is 2.13 bits per heavy atom. The molecule has 2 N–H and O–H groups in total. The van der Waals surface area contributed by atoms with Crippen LogP contribution in [0.25, 0.3) is 0 Å². The number of halogens is 1. The van der Waals surface area contributed by atoms with E-state index in [0.29, 0.717) is 12.4 Å². The summed E-state index contributed by atoms with van der Waals surface area (Å²) in [4.78, 5) is 10.3. The quantitative estimate of drug-likeness (QED) is 0.390. The summed E-state index contributed by atoms with van der Waals surface area (Å²) < 4.78 is 5.13. The van der Waals surface area contributed by atoms with Crippen molar-refractivity contribution in [2.75, 3.05) is 20.2 Å². The van der Waals surface area contributed by atoms with E-state index in [4.69, 9.17) is 4.74 Å². The first kappa shape index (κ1) is 19.7. The SMILES string of the molecule is CCNC(=NCc1cccc(OC)n1)NCCc1cccs1.I. The molecule has 2 aromatic heterocycles. The second-order valence-electron chi connectivity index (χ2n) is 4.62. The molecule has 0 bridgehead atoms. The van der Waals surface area contributed by atoms with Crippen LogP contribution >= 0.6 is 35.3 Å². The molecule has 126 valence electrons. The first-order valence-electron chi connectivity index (χ1n) is 7.36. The zero-order valence-electron chi connectivity index (χ0n) is 13.4. The summed E-state index contributed by atoms with van der Waals surface area (Å²) in [5.74, 6) is 1.42. The van der Waals surface area contributed by atoms with E-state index in [1.54, 1.807) is 18.4 Å². The second kappa shape index (κ2) is 11.2. The first-order valence-corrected chi connectivity index (χ1v) is 8.24. The highest BCUT2D eigenvalue weighted by molar-refractivity contribution is 14.0. The van der Waals surface area contributed by atoms with Gasteiger partial charge < -0.3 is 15.4 Å². The summed E-state index contributed by atoms with van der Waals surface area (Å²) in [5.41, 5.74) is 0.884. The molecule has 0 radical (unpaired) electrons. The number of aromatic nitrogens is 1. The molecule has 2 rings (SSSR count). The predicted molar refractivity (Wildman–Crippen MR) is 107 cm³/mol. The smallest absolute Gasteiger partial charge is 0.213 e. The Balaban J connectivity index is 0.00000264. The number of nitrogens with zero attached hydrogens (tertiary/aromatic N) is 2. The van der Waals surface area contributed by atoms with Crippen LogP contribution < -0.4 is 15.4 Å².